The maximum Gasteiger partial charge on any atom is 0.328 e. The van der Waals surface area contributed by atoms with Crippen LogP contribution in [0.4, 0.5) is 0 Å². The minimum Gasteiger partial charge on any atom is -0.491 e. The Bertz CT molecular complexity index is 450. The molecule has 0 saturated carbocycles. The SMILES string of the molecule is CC1CCC(COc2ccc(/C=C/C(=O)O)cc2)O1. The number of carbonyl (C=O) groups is 1. The summed E-state index contributed by atoms with van der Waals surface area (Å²) in [6.45, 7) is 2.64. The summed E-state index contributed by atoms with van der Waals surface area (Å²) in [5, 5.41) is 8.53. The van der Waals surface area contributed by atoms with Crippen molar-refractivity contribution in [2.75, 3.05) is 6.61 Å². The highest BCUT2D eigenvalue weighted by Gasteiger charge is 2.21. The number of carboxylic acids is 1. The zero-order valence-corrected chi connectivity index (χ0v) is 10.9. The highest BCUT2D eigenvalue weighted by molar-refractivity contribution is 5.85. The molecule has 0 bridgehead atoms. The lowest BCUT2D eigenvalue weighted by Crippen LogP contribution is -2.17. The summed E-state index contributed by atoms with van der Waals surface area (Å²) < 4.78 is 11.3. The van der Waals surface area contributed by atoms with E-state index >= 15 is 0 Å². The molecule has 1 aromatic rings. The Balaban J connectivity index is 1.83. The Labute approximate surface area is 112 Å². The zero-order chi connectivity index (χ0) is 13.7. The third kappa shape index (κ3) is 4.41. The van der Waals surface area contributed by atoms with E-state index in [0.717, 1.165) is 30.2 Å². The molecule has 0 spiro atoms. The molecule has 4 heteroatoms. The van der Waals surface area contributed by atoms with E-state index in [2.05, 4.69) is 6.92 Å². The van der Waals surface area contributed by atoms with Crippen molar-refractivity contribution < 1.29 is 19.4 Å². The molecule has 1 fully saturated rings. The van der Waals surface area contributed by atoms with Gasteiger partial charge in [0.2, 0.25) is 0 Å². The fourth-order valence-corrected chi connectivity index (χ4v) is 2.04. The van der Waals surface area contributed by atoms with Gasteiger partial charge in [-0.05, 0) is 43.5 Å². The molecule has 4 nitrogen and oxygen atoms in total. The van der Waals surface area contributed by atoms with E-state index in [4.69, 9.17) is 14.6 Å². The first-order chi connectivity index (χ1) is 9.13. The van der Waals surface area contributed by atoms with E-state index < -0.39 is 5.97 Å². The first kappa shape index (κ1) is 13.6. The molecule has 1 aliphatic rings. The van der Waals surface area contributed by atoms with Crippen molar-refractivity contribution in [2.45, 2.75) is 32.0 Å². The predicted molar refractivity (Wildman–Crippen MR) is 72.2 cm³/mol. The van der Waals surface area contributed by atoms with Gasteiger partial charge >= 0.3 is 5.97 Å². The summed E-state index contributed by atoms with van der Waals surface area (Å²) >= 11 is 0. The predicted octanol–water partition coefficient (Wildman–Crippen LogP) is 2.73. The van der Waals surface area contributed by atoms with Gasteiger partial charge in [-0.3, -0.25) is 0 Å². The quantitative estimate of drug-likeness (QED) is 0.829. The van der Waals surface area contributed by atoms with Crippen LogP contribution in [-0.4, -0.2) is 29.9 Å². The van der Waals surface area contributed by atoms with E-state index in [1.165, 1.54) is 0 Å². The first-order valence-electron chi connectivity index (χ1n) is 6.43. The number of carboxylic acid groups (broad SMARTS) is 1. The summed E-state index contributed by atoms with van der Waals surface area (Å²) in [6.07, 6.45) is 5.31. The van der Waals surface area contributed by atoms with Crippen LogP contribution in [0.25, 0.3) is 6.08 Å². The largest absolute Gasteiger partial charge is 0.491 e. The van der Waals surface area contributed by atoms with Crippen molar-refractivity contribution in [1.29, 1.82) is 0 Å². The molecule has 0 aromatic heterocycles. The van der Waals surface area contributed by atoms with E-state index in [0.29, 0.717) is 12.7 Å². The Morgan fingerprint density at radius 2 is 2.16 bits per heavy atom. The standard InChI is InChI=1S/C15H18O4/c1-11-2-6-14(19-11)10-18-13-7-3-12(4-8-13)5-9-15(16)17/h3-5,7-9,11,14H,2,6,10H2,1H3,(H,16,17)/b9-5+. The second-order valence-corrected chi connectivity index (χ2v) is 4.70. The molecule has 0 aliphatic carbocycles. The van der Waals surface area contributed by atoms with Crippen LogP contribution in [-0.2, 0) is 9.53 Å². The second-order valence-electron chi connectivity index (χ2n) is 4.70. The van der Waals surface area contributed by atoms with Gasteiger partial charge in [0.1, 0.15) is 12.4 Å². The van der Waals surface area contributed by atoms with Crippen LogP contribution >= 0.6 is 0 Å². The smallest absolute Gasteiger partial charge is 0.328 e. The molecule has 0 amide bonds. The van der Waals surface area contributed by atoms with Gasteiger partial charge in [0, 0.05) is 6.08 Å². The van der Waals surface area contributed by atoms with Gasteiger partial charge in [-0.15, -0.1) is 0 Å². The average Bonchev–Trinajstić information content (AvgIpc) is 2.81. The van der Waals surface area contributed by atoms with E-state index in [9.17, 15) is 4.79 Å². The van der Waals surface area contributed by atoms with Crippen molar-refractivity contribution in [3.05, 3.63) is 35.9 Å². The molecule has 2 atom stereocenters. The lowest BCUT2D eigenvalue weighted by molar-refractivity contribution is -0.131. The van der Waals surface area contributed by atoms with Crippen molar-refractivity contribution >= 4 is 12.0 Å². The van der Waals surface area contributed by atoms with Gasteiger partial charge in [0.05, 0.1) is 12.2 Å². The van der Waals surface area contributed by atoms with Gasteiger partial charge in [-0.1, -0.05) is 12.1 Å². The highest BCUT2D eigenvalue weighted by Crippen LogP contribution is 2.20. The van der Waals surface area contributed by atoms with Crippen LogP contribution in [0, 0.1) is 0 Å². The van der Waals surface area contributed by atoms with Crippen LogP contribution in [0.5, 0.6) is 5.75 Å². The number of hydrogen-bond acceptors (Lipinski definition) is 3. The molecule has 102 valence electrons. The molecule has 1 aliphatic heterocycles. The molecule has 1 N–H and O–H groups in total. The molecular formula is C15H18O4. The van der Waals surface area contributed by atoms with Gasteiger partial charge in [-0.2, -0.15) is 0 Å². The van der Waals surface area contributed by atoms with Crippen molar-refractivity contribution in [1.82, 2.24) is 0 Å². The molecular weight excluding hydrogens is 244 g/mol. The van der Waals surface area contributed by atoms with Gasteiger partial charge < -0.3 is 14.6 Å². The fraction of sp³-hybridized carbons (Fsp3) is 0.400. The molecule has 1 heterocycles. The van der Waals surface area contributed by atoms with E-state index in [1.807, 2.05) is 24.3 Å². The fourth-order valence-electron chi connectivity index (χ4n) is 2.04. The monoisotopic (exact) mass is 262 g/mol. The Hall–Kier alpha value is -1.81. The van der Waals surface area contributed by atoms with Crippen LogP contribution in [0.1, 0.15) is 25.3 Å². The molecule has 0 radical (unpaired) electrons. The van der Waals surface area contributed by atoms with Crippen molar-refractivity contribution in [3.8, 4) is 5.75 Å². The lowest BCUT2D eigenvalue weighted by atomic mass is 10.2. The molecule has 19 heavy (non-hydrogen) atoms. The Morgan fingerprint density at radius 1 is 1.42 bits per heavy atom. The average molecular weight is 262 g/mol. The molecule has 2 unspecified atom stereocenters. The maximum atomic E-state index is 10.4. The molecule has 1 saturated heterocycles. The Kier molecular flexibility index (Phi) is 4.58. The summed E-state index contributed by atoms with van der Waals surface area (Å²) in [6, 6.07) is 7.32. The zero-order valence-electron chi connectivity index (χ0n) is 10.9. The normalized spacial score (nSPS) is 22.8. The Morgan fingerprint density at radius 3 is 2.74 bits per heavy atom. The number of rotatable bonds is 5. The summed E-state index contributed by atoms with van der Waals surface area (Å²) in [4.78, 5) is 10.4. The highest BCUT2D eigenvalue weighted by atomic mass is 16.5. The van der Waals surface area contributed by atoms with E-state index in [1.54, 1.807) is 6.08 Å². The first-order valence-corrected chi connectivity index (χ1v) is 6.43. The third-order valence-electron chi connectivity index (χ3n) is 3.05. The van der Waals surface area contributed by atoms with Crippen LogP contribution in [0.2, 0.25) is 0 Å². The molecule has 1 aromatic carbocycles. The summed E-state index contributed by atoms with van der Waals surface area (Å²) in [7, 11) is 0. The number of hydrogen-bond donors (Lipinski definition) is 1. The topological polar surface area (TPSA) is 55.8 Å². The summed E-state index contributed by atoms with van der Waals surface area (Å²) in [5.41, 5.74) is 0.834. The maximum absolute atomic E-state index is 10.4. The van der Waals surface area contributed by atoms with Crippen LogP contribution < -0.4 is 4.74 Å². The van der Waals surface area contributed by atoms with E-state index in [-0.39, 0.29) is 6.10 Å². The van der Waals surface area contributed by atoms with Gasteiger partial charge in [0.15, 0.2) is 0 Å². The lowest BCUT2D eigenvalue weighted by Gasteiger charge is -2.12. The van der Waals surface area contributed by atoms with Gasteiger partial charge in [-0.25, -0.2) is 4.79 Å². The van der Waals surface area contributed by atoms with Crippen LogP contribution in [0.15, 0.2) is 30.3 Å². The van der Waals surface area contributed by atoms with Crippen molar-refractivity contribution in [3.63, 3.8) is 0 Å². The van der Waals surface area contributed by atoms with Gasteiger partial charge in [0.25, 0.3) is 0 Å². The number of benzene rings is 1. The number of ether oxygens (including phenoxy) is 2. The minimum absolute atomic E-state index is 0.182. The summed E-state index contributed by atoms with van der Waals surface area (Å²) in [5.74, 6) is -0.177. The number of aliphatic carboxylic acids is 1. The minimum atomic E-state index is -0.951. The molecule has 2 rings (SSSR count). The second kappa shape index (κ2) is 6.38. The third-order valence-corrected chi connectivity index (χ3v) is 3.05. The van der Waals surface area contributed by atoms with Crippen molar-refractivity contribution in [2.24, 2.45) is 0 Å². The van der Waals surface area contributed by atoms with Crippen LogP contribution in [0.3, 0.4) is 0 Å².